The zero-order valence-electron chi connectivity index (χ0n) is 10.4. The summed E-state index contributed by atoms with van der Waals surface area (Å²) >= 11 is 5.93. The number of hydrogen-bond acceptors (Lipinski definition) is 3. The van der Waals surface area contributed by atoms with Crippen LogP contribution >= 0.6 is 11.6 Å². The highest BCUT2D eigenvalue weighted by Gasteiger charge is 2.09. The van der Waals surface area contributed by atoms with Gasteiger partial charge in [-0.3, -0.25) is 0 Å². The van der Waals surface area contributed by atoms with Crippen molar-refractivity contribution in [2.75, 3.05) is 13.2 Å². The lowest BCUT2D eigenvalue weighted by atomic mass is 10.2. The third-order valence-corrected chi connectivity index (χ3v) is 2.79. The van der Waals surface area contributed by atoms with Crippen molar-refractivity contribution in [2.24, 2.45) is 0 Å². The van der Waals surface area contributed by atoms with Gasteiger partial charge in [0, 0.05) is 6.54 Å². The van der Waals surface area contributed by atoms with Crippen LogP contribution in [0.5, 0.6) is 5.75 Å². The highest BCUT2D eigenvalue weighted by Crippen LogP contribution is 2.22. The van der Waals surface area contributed by atoms with Crippen molar-refractivity contribution in [3.05, 3.63) is 29.3 Å². The normalized spacial score (nSPS) is 13.7. The minimum Gasteiger partial charge on any atom is -0.489 e. The predicted molar refractivity (Wildman–Crippen MR) is 73.9 cm³/mol. The van der Waals surface area contributed by atoms with Gasteiger partial charge in [0.25, 0.3) is 0 Å². The summed E-state index contributed by atoms with van der Waals surface area (Å²) in [7, 11) is 0. The second kappa shape index (κ2) is 7.99. The summed E-state index contributed by atoms with van der Waals surface area (Å²) in [5.41, 5.74) is 0. The van der Waals surface area contributed by atoms with Gasteiger partial charge in [0.1, 0.15) is 18.5 Å². The second-order valence-electron chi connectivity index (χ2n) is 3.93. The molecule has 0 saturated carbocycles. The van der Waals surface area contributed by atoms with E-state index in [1.165, 1.54) is 0 Å². The molecule has 2 N–H and O–H groups in total. The van der Waals surface area contributed by atoms with Crippen LogP contribution in [0.15, 0.2) is 24.3 Å². The number of halogens is 1. The van der Waals surface area contributed by atoms with E-state index in [0.29, 0.717) is 17.3 Å². The minimum atomic E-state index is -0.622. The van der Waals surface area contributed by atoms with Gasteiger partial charge in [0.05, 0.1) is 11.1 Å². The van der Waals surface area contributed by atoms with Crippen molar-refractivity contribution < 1.29 is 9.84 Å². The molecular weight excluding hydrogens is 250 g/mol. The van der Waals surface area contributed by atoms with Crippen molar-refractivity contribution in [1.29, 1.82) is 0 Å². The lowest BCUT2D eigenvalue weighted by Crippen LogP contribution is -2.37. The highest BCUT2D eigenvalue weighted by molar-refractivity contribution is 6.32. The van der Waals surface area contributed by atoms with E-state index in [9.17, 15) is 5.11 Å². The van der Waals surface area contributed by atoms with Crippen LogP contribution in [0.2, 0.25) is 5.02 Å². The van der Waals surface area contributed by atoms with Crippen LogP contribution in [0.3, 0.4) is 0 Å². The Bertz CT molecular complexity index is 403. The van der Waals surface area contributed by atoms with Crippen LogP contribution in [0.4, 0.5) is 0 Å². The summed E-state index contributed by atoms with van der Waals surface area (Å²) in [4.78, 5) is 0. The van der Waals surface area contributed by atoms with Gasteiger partial charge in [0.2, 0.25) is 0 Å². The molecule has 0 aliphatic rings. The molecule has 1 aromatic carbocycles. The van der Waals surface area contributed by atoms with E-state index < -0.39 is 6.10 Å². The van der Waals surface area contributed by atoms with Crippen LogP contribution in [0.1, 0.15) is 13.3 Å². The first-order valence-corrected chi connectivity index (χ1v) is 6.30. The van der Waals surface area contributed by atoms with Gasteiger partial charge in [0.15, 0.2) is 0 Å². The van der Waals surface area contributed by atoms with E-state index in [1.807, 2.05) is 19.1 Å². The first kappa shape index (κ1) is 14.8. The molecule has 2 unspecified atom stereocenters. The standard InChI is InChI=1S/C14H18ClNO2/c1-3-11(4-2)16-9-12(17)10-18-14-8-6-5-7-13(14)15/h1,5-8,11-12,16-17H,4,9-10H2,2H3. The SMILES string of the molecule is C#CC(CC)NCC(O)COc1ccccc1Cl. The maximum atomic E-state index is 9.74. The van der Waals surface area contributed by atoms with E-state index >= 15 is 0 Å². The Morgan fingerprint density at radius 2 is 2.22 bits per heavy atom. The Balaban J connectivity index is 2.31. The molecule has 0 aromatic heterocycles. The molecular formula is C14H18ClNO2. The van der Waals surface area contributed by atoms with Crippen LogP contribution in [-0.2, 0) is 0 Å². The quantitative estimate of drug-likeness (QED) is 0.744. The highest BCUT2D eigenvalue weighted by atomic mass is 35.5. The number of benzene rings is 1. The Labute approximate surface area is 113 Å². The maximum absolute atomic E-state index is 9.74. The first-order chi connectivity index (χ1) is 8.67. The molecule has 0 spiro atoms. The number of nitrogens with one attached hydrogen (secondary N) is 1. The third kappa shape index (κ3) is 4.97. The summed E-state index contributed by atoms with van der Waals surface area (Å²) in [6.07, 6.45) is 5.52. The molecule has 0 amide bonds. The van der Waals surface area contributed by atoms with Gasteiger partial charge < -0.3 is 15.2 Å². The average molecular weight is 268 g/mol. The van der Waals surface area contributed by atoms with Crippen LogP contribution in [0, 0.1) is 12.3 Å². The van der Waals surface area contributed by atoms with Crippen molar-refractivity contribution in [3.8, 4) is 18.1 Å². The first-order valence-electron chi connectivity index (χ1n) is 5.92. The molecule has 3 nitrogen and oxygen atoms in total. The molecule has 2 atom stereocenters. The van der Waals surface area contributed by atoms with Crippen LogP contribution in [-0.4, -0.2) is 30.4 Å². The maximum Gasteiger partial charge on any atom is 0.138 e. The largest absolute Gasteiger partial charge is 0.489 e. The summed E-state index contributed by atoms with van der Waals surface area (Å²) in [5, 5.41) is 13.3. The van der Waals surface area contributed by atoms with E-state index in [1.54, 1.807) is 12.1 Å². The molecule has 0 saturated heterocycles. The molecule has 0 radical (unpaired) electrons. The summed E-state index contributed by atoms with van der Waals surface area (Å²) in [6, 6.07) is 7.15. The van der Waals surface area contributed by atoms with E-state index in [4.69, 9.17) is 22.8 Å². The van der Waals surface area contributed by atoms with Gasteiger partial charge in [-0.15, -0.1) is 6.42 Å². The number of aliphatic hydroxyl groups excluding tert-OH is 1. The Morgan fingerprint density at radius 3 is 2.83 bits per heavy atom. The topological polar surface area (TPSA) is 41.5 Å². The summed E-state index contributed by atoms with van der Waals surface area (Å²) in [6.45, 7) is 2.56. The third-order valence-electron chi connectivity index (χ3n) is 2.48. The molecule has 0 aliphatic carbocycles. The van der Waals surface area contributed by atoms with Crippen molar-refractivity contribution in [1.82, 2.24) is 5.32 Å². The van der Waals surface area contributed by atoms with Crippen molar-refractivity contribution >= 4 is 11.6 Å². The molecule has 1 rings (SSSR count). The lowest BCUT2D eigenvalue weighted by Gasteiger charge is -2.16. The fourth-order valence-electron chi connectivity index (χ4n) is 1.41. The Kier molecular flexibility index (Phi) is 6.59. The molecule has 0 heterocycles. The monoisotopic (exact) mass is 267 g/mol. The smallest absolute Gasteiger partial charge is 0.138 e. The summed E-state index contributed by atoms with van der Waals surface area (Å²) < 4.78 is 5.42. The number of aliphatic hydroxyl groups is 1. The van der Waals surface area contributed by atoms with E-state index in [2.05, 4.69) is 11.2 Å². The second-order valence-corrected chi connectivity index (χ2v) is 4.34. The number of hydrogen-bond donors (Lipinski definition) is 2. The van der Waals surface area contributed by atoms with Gasteiger partial charge in [-0.2, -0.15) is 0 Å². The molecule has 0 bridgehead atoms. The van der Waals surface area contributed by atoms with Gasteiger partial charge in [-0.05, 0) is 18.6 Å². The number of rotatable bonds is 7. The summed E-state index contributed by atoms with van der Waals surface area (Å²) in [5.74, 6) is 3.18. The molecule has 0 aliphatic heterocycles. The molecule has 4 heteroatoms. The van der Waals surface area contributed by atoms with Crippen molar-refractivity contribution in [2.45, 2.75) is 25.5 Å². The number of terminal acetylenes is 1. The molecule has 1 aromatic rings. The lowest BCUT2D eigenvalue weighted by molar-refractivity contribution is 0.105. The molecule has 18 heavy (non-hydrogen) atoms. The zero-order chi connectivity index (χ0) is 13.4. The number of para-hydroxylation sites is 1. The van der Waals surface area contributed by atoms with Crippen LogP contribution in [0.25, 0.3) is 0 Å². The van der Waals surface area contributed by atoms with Crippen molar-refractivity contribution in [3.63, 3.8) is 0 Å². The Morgan fingerprint density at radius 1 is 1.50 bits per heavy atom. The average Bonchev–Trinajstić information content (AvgIpc) is 2.39. The molecule has 98 valence electrons. The fraction of sp³-hybridized carbons (Fsp3) is 0.429. The Hall–Kier alpha value is -1.21. The van der Waals surface area contributed by atoms with E-state index in [-0.39, 0.29) is 12.6 Å². The molecule has 0 fully saturated rings. The van der Waals surface area contributed by atoms with Gasteiger partial charge >= 0.3 is 0 Å². The van der Waals surface area contributed by atoms with Crippen LogP contribution < -0.4 is 10.1 Å². The van der Waals surface area contributed by atoms with Gasteiger partial charge in [-0.25, -0.2) is 0 Å². The predicted octanol–water partition coefficient (Wildman–Crippen LogP) is 2.08. The minimum absolute atomic E-state index is 0.0139. The fourth-order valence-corrected chi connectivity index (χ4v) is 1.60. The van der Waals surface area contributed by atoms with Gasteiger partial charge in [-0.1, -0.05) is 36.6 Å². The van der Waals surface area contributed by atoms with E-state index in [0.717, 1.165) is 6.42 Å². The zero-order valence-corrected chi connectivity index (χ0v) is 11.2. The number of ether oxygens (including phenoxy) is 1.